The van der Waals surface area contributed by atoms with Gasteiger partial charge in [0.25, 0.3) is 5.91 Å². The summed E-state index contributed by atoms with van der Waals surface area (Å²) in [5.74, 6) is -0.0865. The summed E-state index contributed by atoms with van der Waals surface area (Å²) in [6.45, 7) is 0.519. The molecule has 0 aromatic heterocycles. The van der Waals surface area contributed by atoms with Crippen LogP contribution in [0.2, 0.25) is 0 Å². The maximum Gasteiger partial charge on any atom is 0.251 e. The molecule has 104 valence electrons. The van der Waals surface area contributed by atoms with Crippen molar-refractivity contribution in [2.24, 2.45) is 0 Å². The highest BCUT2D eigenvalue weighted by Gasteiger charge is 2.07. The third-order valence-corrected chi connectivity index (χ3v) is 4.32. The Labute approximate surface area is 143 Å². The van der Waals surface area contributed by atoms with Crippen molar-refractivity contribution in [3.8, 4) is 0 Å². The summed E-state index contributed by atoms with van der Waals surface area (Å²) in [7, 11) is 0. The molecule has 0 aliphatic carbocycles. The molecule has 0 aliphatic heterocycles. The van der Waals surface area contributed by atoms with E-state index in [9.17, 15) is 4.79 Å². The minimum absolute atomic E-state index is 0.0865. The first kappa shape index (κ1) is 15.7. The van der Waals surface area contributed by atoms with Crippen molar-refractivity contribution in [1.82, 2.24) is 5.32 Å². The monoisotopic (exact) mass is 459 g/mol. The van der Waals surface area contributed by atoms with Crippen LogP contribution < -0.4 is 5.32 Å². The lowest BCUT2D eigenvalue weighted by molar-refractivity contribution is 0.0951. The van der Waals surface area contributed by atoms with E-state index in [1.54, 1.807) is 12.1 Å². The summed E-state index contributed by atoms with van der Waals surface area (Å²) < 4.78 is 1.75. The van der Waals surface area contributed by atoms with Crippen molar-refractivity contribution in [2.75, 3.05) is 0 Å². The Balaban J connectivity index is 2.00. The minimum atomic E-state index is -0.0865. The van der Waals surface area contributed by atoms with Crippen molar-refractivity contribution < 1.29 is 4.79 Å². The summed E-state index contributed by atoms with van der Waals surface area (Å²) in [6, 6.07) is 13.6. The van der Waals surface area contributed by atoms with E-state index in [0.29, 0.717) is 12.1 Å². The van der Waals surface area contributed by atoms with Gasteiger partial charge in [0, 0.05) is 26.4 Å². The minimum Gasteiger partial charge on any atom is -0.348 e. The largest absolute Gasteiger partial charge is 0.348 e. The normalized spacial score (nSPS) is 10.3. The third-order valence-electron chi connectivity index (χ3n) is 2.76. The first-order chi connectivity index (χ1) is 9.58. The summed E-state index contributed by atoms with van der Waals surface area (Å²) in [6.07, 6.45) is 0. The van der Waals surface area contributed by atoms with Gasteiger partial charge in [-0.05, 0) is 29.3 Å². The molecule has 20 heavy (non-hydrogen) atoms. The molecule has 0 aliphatic rings. The fourth-order valence-corrected chi connectivity index (χ4v) is 3.38. The van der Waals surface area contributed by atoms with Crippen molar-refractivity contribution in [3.63, 3.8) is 0 Å². The predicted molar refractivity (Wildman–Crippen MR) is 92.1 cm³/mol. The second-order valence-electron chi connectivity index (χ2n) is 4.29. The predicted octanol–water partition coefficient (Wildman–Crippen LogP) is 5.04. The molecule has 0 saturated heterocycles. The van der Waals surface area contributed by atoms with Gasteiger partial charge >= 0.3 is 0 Å². The number of carbonyl (C=O) groups excluding carboxylic acids is 1. The van der Waals surface area contributed by atoms with Crippen LogP contribution in [0.5, 0.6) is 0 Å². The number of hydrogen-bond donors (Lipinski definition) is 1. The standard InChI is InChI=1S/C15H12Br3NO/c16-8-10-1-3-11(4-2-10)9-19-15(20)12-5-13(17)7-14(18)6-12/h1-7H,8-9H2,(H,19,20). The summed E-state index contributed by atoms with van der Waals surface area (Å²) in [5.41, 5.74) is 2.93. The van der Waals surface area contributed by atoms with Gasteiger partial charge in [-0.15, -0.1) is 0 Å². The molecular formula is C15H12Br3NO. The highest BCUT2D eigenvalue weighted by atomic mass is 79.9. The van der Waals surface area contributed by atoms with Gasteiger partial charge in [0.05, 0.1) is 0 Å². The lowest BCUT2D eigenvalue weighted by Gasteiger charge is -2.07. The van der Waals surface area contributed by atoms with Crippen molar-refractivity contribution >= 4 is 53.7 Å². The number of nitrogens with one attached hydrogen (secondary N) is 1. The summed E-state index contributed by atoms with van der Waals surface area (Å²) in [5, 5.41) is 3.75. The zero-order valence-electron chi connectivity index (χ0n) is 10.5. The van der Waals surface area contributed by atoms with Gasteiger partial charge < -0.3 is 5.32 Å². The molecule has 0 spiro atoms. The van der Waals surface area contributed by atoms with Gasteiger partial charge in [-0.3, -0.25) is 4.79 Å². The molecule has 1 N–H and O–H groups in total. The number of amides is 1. The zero-order valence-corrected chi connectivity index (χ0v) is 15.3. The maximum atomic E-state index is 12.1. The van der Waals surface area contributed by atoms with Crippen LogP contribution in [0, 0.1) is 0 Å². The summed E-state index contributed by atoms with van der Waals surface area (Å²) >= 11 is 10.2. The average molecular weight is 462 g/mol. The Kier molecular flexibility index (Phi) is 5.81. The highest BCUT2D eigenvalue weighted by Crippen LogP contribution is 2.20. The van der Waals surface area contributed by atoms with E-state index in [1.807, 2.05) is 30.3 Å². The molecule has 0 fully saturated rings. The van der Waals surface area contributed by atoms with E-state index in [1.165, 1.54) is 5.56 Å². The smallest absolute Gasteiger partial charge is 0.251 e. The molecule has 1 amide bonds. The molecule has 0 heterocycles. The number of hydrogen-bond acceptors (Lipinski definition) is 1. The zero-order chi connectivity index (χ0) is 14.5. The molecule has 0 bridgehead atoms. The summed E-state index contributed by atoms with van der Waals surface area (Å²) in [4.78, 5) is 12.1. The van der Waals surface area contributed by atoms with Gasteiger partial charge in [-0.2, -0.15) is 0 Å². The molecule has 0 radical (unpaired) electrons. The van der Waals surface area contributed by atoms with Crippen molar-refractivity contribution in [1.29, 1.82) is 0 Å². The Morgan fingerprint density at radius 1 is 0.950 bits per heavy atom. The third kappa shape index (κ3) is 4.43. The van der Waals surface area contributed by atoms with Gasteiger partial charge in [0.15, 0.2) is 0 Å². The molecule has 2 aromatic carbocycles. The quantitative estimate of drug-likeness (QED) is 0.635. The van der Waals surface area contributed by atoms with Gasteiger partial charge in [0.2, 0.25) is 0 Å². The lowest BCUT2D eigenvalue weighted by Crippen LogP contribution is -2.22. The van der Waals surface area contributed by atoms with Crippen LogP contribution in [0.25, 0.3) is 0 Å². The average Bonchev–Trinajstić information content (AvgIpc) is 2.44. The van der Waals surface area contributed by atoms with Crippen LogP contribution >= 0.6 is 47.8 Å². The molecule has 2 nitrogen and oxygen atoms in total. The van der Waals surface area contributed by atoms with Crippen molar-refractivity contribution in [3.05, 3.63) is 68.1 Å². The second-order valence-corrected chi connectivity index (χ2v) is 6.68. The van der Waals surface area contributed by atoms with Gasteiger partial charge in [-0.1, -0.05) is 72.1 Å². The van der Waals surface area contributed by atoms with E-state index in [0.717, 1.165) is 19.8 Å². The second kappa shape index (κ2) is 7.38. The number of alkyl halides is 1. The van der Waals surface area contributed by atoms with E-state index >= 15 is 0 Å². The first-order valence-corrected chi connectivity index (χ1v) is 8.67. The first-order valence-electron chi connectivity index (χ1n) is 5.96. The number of carbonyl (C=O) groups is 1. The van der Waals surface area contributed by atoms with E-state index < -0.39 is 0 Å². The van der Waals surface area contributed by atoms with Gasteiger partial charge in [0.1, 0.15) is 0 Å². The Bertz CT molecular complexity index is 591. The van der Waals surface area contributed by atoms with E-state index in [4.69, 9.17) is 0 Å². The number of halogens is 3. The Morgan fingerprint density at radius 3 is 2.05 bits per heavy atom. The van der Waals surface area contributed by atoms with Crippen LogP contribution in [0.3, 0.4) is 0 Å². The van der Waals surface area contributed by atoms with Crippen molar-refractivity contribution in [2.45, 2.75) is 11.9 Å². The van der Waals surface area contributed by atoms with Crippen LogP contribution in [0.15, 0.2) is 51.4 Å². The van der Waals surface area contributed by atoms with E-state index in [-0.39, 0.29) is 5.91 Å². The molecule has 0 unspecified atom stereocenters. The fraction of sp³-hybridized carbons (Fsp3) is 0.133. The molecule has 2 rings (SSSR count). The molecule has 0 atom stereocenters. The highest BCUT2D eigenvalue weighted by molar-refractivity contribution is 9.11. The number of rotatable bonds is 4. The lowest BCUT2D eigenvalue weighted by atomic mass is 10.1. The van der Waals surface area contributed by atoms with Crippen LogP contribution in [-0.2, 0) is 11.9 Å². The fourth-order valence-electron chi connectivity index (χ4n) is 1.72. The SMILES string of the molecule is O=C(NCc1ccc(CBr)cc1)c1cc(Br)cc(Br)c1. The molecule has 2 aromatic rings. The van der Waals surface area contributed by atoms with Crippen LogP contribution in [-0.4, -0.2) is 5.91 Å². The topological polar surface area (TPSA) is 29.1 Å². The Hall–Kier alpha value is -0.650. The van der Waals surface area contributed by atoms with Crippen LogP contribution in [0.4, 0.5) is 0 Å². The van der Waals surface area contributed by atoms with Gasteiger partial charge in [-0.25, -0.2) is 0 Å². The molecular weight excluding hydrogens is 450 g/mol. The molecule has 5 heteroatoms. The Morgan fingerprint density at radius 2 is 1.50 bits per heavy atom. The van der Waals surface area contributed by atoms with E-state index in [2.05, 4.69) is 53.1 Å². The maximum absolute atomic E-state index is 12.1. The van der Waals surface area contributed by atoms with Crippen LogP contribution in [0.1, 0.15) is 21.5 Å². The molecule has 0 saturated carbocycles. The number of benzene rings is 2.